The van der Waals surface area contributed by atoms with Gasteiger partial charge < -0.3 is 21.0 Å². The molecule has 0 saturated heterocycles. The second-order valence-corrected chi connectivity index (χ2v) is 9.45. The molecular weight excluding hydrogens is 621 g/mol. The van der Waals surface area contributed by atoms with Crippen LogP contribution < -0.4 is 26.6 Å². The molecule has 4 aromatic rings. The van der Waals surface area contributed by atoms with Gasteiger partial charge in [-0.3, -0.25) is 14.9 Å². The molecule has 1 heterocycles. The summed E-state index contributed by atoms with van der Waals surface area (Å²) in [6, 6.07) is 13.0. The number of hydroxylamine groups is 1. The van der Waals surface area contributed by atoms with Crippen LogP contribution in [0.5, 0.6) is 11.5 Å². The Hall–Kier alpha value is -6.06. The number of alkyl halides is 3. The summed E-state index contributed by atoms with van der Waals surface area (Å²) in [5.74, 6) is -6.76. The molecule has 0 saturated carbocycles. The van der Waals surface area contributed by atoms with Crippen LogP contribution in [0.3, 0.4) is 0 Å². The zero-order valence-electron chi connectivity index (χ0n) is 23.3. The maximum absolute atomic E-state index is 15.3. The fraction of sp³-hybridized carbons (Fsp3) is 0.100. The number of pyridine rings is 1. The number of carbonyl (C=O) groups is 4. The molecule has 238 valence electrons. The fourth-order valence-electron chi connectivity index (χ4n) is 3.99. The minimum Gasteiger partial charge on any atom is -0.453 e. The number of rotatable bonds is 8. The van der Waals surface area contributed by atoms with Crippen molar-refractivity contribution < 1.29 is 50.7 Å². The molecule has 0 aliphatic carbocycles. The number of anilines is 2. The lowest BCUT2D eigenvalue weighted by atomic mass is 10.0. The third kappa shape index (κ3) is 8.31. The molecule has 0 atom stereocenters. The van der Waals surface area contributed by atoms with Gasteiger partial charge in [-0.1, -0.05) is 36.4 Å². The first kappa shape index (κ1) is 32.8. The number of amides is 4. The van der Waals surface area contributed by atoms with Gasteiger partial charge in [0.15, 0.2) is 11.6 Å². The number of primary amides is 1. The van der Waals surface area contributed by atoms with E-state index in [-0.39, 0.29) is 34.2 Å². The van der Waals surface area contributed by atoms with Crippen LogP contribution in [0.25, 0.3) is 11.1 Å². The normalized spacial score (nSPS) is 11.0. The zero-order chi connectivity index (χ0) is 33.6. The van der Waals surface area contributed by atoms with Crippen molar-refractivity contribution in [2.75, 3.05) is 10.8 Å². The molecule has 46 heavy (non-hydrogen) atoms. The Labute approximate surface area is 256 Å². The number of hydrogen-bond donors (Lipinski definition) is 3. The van der Waals surface area contributed by atoms with Crippen molar-refractivity contribution in [2.45, 2.75) is 19.0 Å². The van der Waals surface area contributed by atoms with E-state index < -0.39 is 59.5 Å². The van der Waals surface area contributed by atoms with Crippen molar-refractivity contribution >= 4 is 35.3 Å². The number of nitrogens with one attached hydrogen (secondary N) is 1. The summed E-state index contributed by atoms with van der Waals surface area (Å²) >= 11 is 0. The summed E-state index contributed by atoms with van der Waals surface area (Å²) in [5.41, 5.74) is 12.1. The SMILES string of the molecule is NC(=O)Cc1ccc(-c2c(Oc3ccc(N(OC(=O)C(F)(F)F)C(=O)NC(=O)Cc4ccc(F)cc4)cc3F)ccnc2N)cc1. The molecule has 1 aromatic heterocycles. The Morgan fingerprint density at radius 2 is 1.48 bits per heavy atom. The van der Waals surface area contributed by atoms with Crippen LogP contribution in [0.1, 0.15) is 11.1 Å². The third-order valence-electron chi connectivity index (χ3n) is 6.05. The maximum atomic E-state index is 15.3. The molecule has 0 fully saturated rings. The second kappa shape index (κ2) is 13.7. The van der Waals surface area contributed by atoms with Gasteiger partial charge in [0.25, 0.3) is 0 Å². The summed E-state index contributed by atoms with van der Waals surface area (Å²) in [5, 5.41) is 1.47. The first-order valence-electron chi connectivity index (χ1n) is 13.0. The molecule has 4 amide bonds. The van der Waals surface area contributed by atoms with Crippen molar-refractivity contribution in [1.82, 2.24) is 10.3 Å². The van der Waals surface area contributed by atoms with Crippen molar-refractivity contribution in [2.24, 2.45) is 5.73 Å². The Morgan fingerprint density at radius 3 is 2.09 bits per heavy atom. The molecule has 0 spiro atoms. The number of urea groups is 1. The Morgan fingerprint density at radius 1 is 0.848 bits per heavy atom. The molecule has 0 bridgehead atoms. The highest BCUT2D eigenvalue weighted by Gasteiger charge is 2.44. The van der Waals surface area contributed by atoms with E-state index in [0.717, 1.165) is 24.3 Å². The van der Waals surface area contributed by atoms with Crippen molar-refractivity contribution in [1.29, 1.82) is 0 Å². The van der Waals surface area contributed by atoms with Gasteiger partial charge in [-0.25, -0.2) is 23.4 Å². The molecule has 0 unspecified atom stereocenters. The van der Waals surface area contributed by atoms with E-state index in [9.17, 15) is 36.7 Å². The number of benzene rings is 3. The summed E-state index contributed by atoms with van der Waals surface area (Å²) in [4.78, 5) is 56.1. The summed E-state index contributed by atoms with van der Waals surface area (Å²) < 4.78 is 73.1. The number of imide groups is 1. The van der Waals surface area contributed by atoms with Gasteiger partial charge in [0.2, 0.25) is 11.8 Å². The monoisotopic (exact) mass is 643 g/mol. The topological polar surface area (TPSA) is 167 Å². The molecule has 16 heteroatoms. The van der Waals surface area contributed by atoms with E-state index in [2.05, 4.69) is 9.82 Å². The standard InChI is InChI=1S/C30H22F5N5O6/c31-19-7-3-17(4-8-19)14-25(42)39-29(44)40(46-28(43)30(33,34)35)20-9-10-22(21(32)15-20)45-23-11-12-38-27(37)26(23)18-5-1-16(2-6-18)13-24(36)41/h1-12,15H,13-14H2,(H2,36,41)(H2,37,38)(H,39,42,44). The van der Waals surface area contributed by atoms with E-state index in [1.54, 1.807) is 29.6 Å². The zero-order valence-corrected chi connectivity index (χ0v) is 23.3. The quantitative estimate of drug-likeness (QED) is 0.183. The number of hydrogen-bond acceptors (Lipinski definition) is 8. The van der Waals surface area contributed by atoms with E-state index in [1.165, 1.54) is 24.4 Å². The van der Waals surface area contributed by atoms with Crippen LogP contribution in [0, 0.1) is 11.6 Å². The maximum Gasteiger partial charge on any atom is 0.493 e. The Kier molecular flexibility index (Phi) is 9.79. The molecule has 0 aliphatic rings. The van der Waals surface area contributed by atoms with Crippen LogP contribution in [-0.2, 0) is 32.1 Å². The van der Waals surface area contributed by atoms with Crippen LogP contribution in [0.4, 0.5) is 38.3 Å². The van der Waals surface area contributed by atoms with Crippen LogP contribution >= 0.6 is 0 Å². The van der Waals surface area contributed by atoms with Crippen molar-refractivity contribution in [3.63, 3.8) is 0 Å². The van der Waals surface area contributed by atoms with E-state index in [1.807, 2.05) is 0 Å². The van der Waals surface area contributed by atoms with E-state index in [0.29, 0.717) is 17.2 Å². The molecule has 11 nitrogen and oxygen atoms in total. The lowest BCUT2D eigenvalue weighted by Crippen LogP contribution is -2.46. The predicted molar refractivity (Wildman–Crippen MR) is 152 cm³/mol. The average molecular weight is 644 g/mol. The number of nitrogen functional groups attached to an aromatic ring is 1. The molecule has 0 radical (unpaired) electrons. The number of halogens is 5. The lowest BCUT2D eigenvalue weighted by Gasteiger charge is -2.22. The highest BCUT2D eigenvalue weighted by molar-refractivity contribution is 6.03. The van der Waals surface area contributed by atoms with Gasteiger partial charge in [-0.2, -0.15) is 13.2 Å². The molecule has 0 aliphatic heterocycles. The number of aromatic nitrogens is 1. The van der Waals surface area contributed by atoms with Crippen molar-refractivity contribution in [3.8, 4) is 22.6 Å². The van der Waals surface area contributed by atoms with Crippen LogP contribution in [-0.4, -0.2) is 35.0 Å². The van der Waals surface area contributed by atoms with E-state index in [4.69, 9.17) is 16.2 Å². The van der Waals surface area contributed by atoms with Gasteiger partial charge in [-0.05, 0) is 47.0 Å². The number of nitrogens with zero attached hydrogens (tertiary/aromatic N) is 2. The fourth-order valence-corrected chi connectivity index (χ4v) is 3.99. The highest BCUT2D eigenvalue weighted by atomic mass is 19.4. The summed E-state index contributed by atoms with van der Waals surface area (Å²) in [7, 11) is 0. The lowest BCUT2D eigenvalue weighted by molar-refractivity contribution is -0.199. The average Bonchev–Trinajstić information content (AvgIpc) is 2.98. The van der Waals surface area contributed by atoms with Gasteiger partial charge in [0.1, 0.15) is 17.4 Å². The second-order valence-electron chi connectivity index (χ2n) is 9.45. The van der Waals surface area contributed by atoms with Crippen molar-refractivity contribution in [3.05, 3.63) is 102 Å². The Bertz CT molecular complexity index is 1780. The number of nitrogens with two attached hydrogens (primary N) is 2. The predicted octanol–water partition coefficient (Wildman–Crippen LogP) is 4.73. The minimum atomic E-state index is -5.56. The number of ether oxygens (including phenoxy) is 1. The highest BCUT2D eigenvalue weighted by Crippen LogP contribution is 2.38. The smallest absolute Gasteiger partial charge is 0.453 e. The summed E-state index contributed by atoms with van der Waals surface area (Å²) in [6.45, 7) is 0. The molecule has 3 aromatic carbocycles. The molecule has 4 rings (SSSR count). The molecule has 5 N–H and O–H groups in total. The van der Waals surface area contributed by atoms with Crippen LogP contribution in [0.15, 0.2) is 79.0 Å². The summed E-state index contributed by atoms with van der Waals surface area (Å²) in [6.07, 6.45) is -4.81. The van der Waals surface area contributed by atoms with Gasteiger partial charge in [-0.15, -0.1) is 5.06 Å². The first-order chi connectivity index (χ1) is 21.7. The largest absolute Gasteiger partial charge is 0.493 e. The Balaban J connectivity index is 1.59. The van der Waals surface area contributed by atoms with Gasteiger partial charge in [0, 0.05) is 12.3 Å². The minimum absolute atomic E-state index is 0.00582. The number of carbonyl (C=O) groups excluding carboxylic acids is 4. The first-order valence-corrected chi connectivity index (χ1v) is 13.0. The molecular formula is C30H22F5N5O6. The van der Waals surface area contributed by atoms with Gasteiger partial charge in [0.05, 0.1) is 24.1 Å². The van der Waals surface area contributed by atoms with Crippen LogP contribution in [0.2, 0.25) is 0 Å². The van der Waals surface area contributed by atoms with E-state index >= 15 is 4.39 Å². The third-order valence-corrected chi connectivity index (χ3v) is 6.05. The van der Waals surface area contributed by atoms with Gasteiger partial charge >= 0.3 is 18.2 Å².